The molecule has 0 atom stereocenters. The minimum Gasteiger partial charge on any atom is -0.743 e. The first-order valence-electron chi connectivity index (χ1n) is 6.31. The van der Waals surface area contributed by atoms with Gasteiger partial charge in [-0.1, -0.05) is 18.2 Å². The molecule has 0 bridgehead atoms. The van der Waals surface area contributed by atoms with Crippen molar-refractivity contribution in [2.45, 2.75) is 38.3 Å². The van der Waals surface area contributed by atoms with Crippen LogP contribution in [0.25, 0.3) is 10.9 Å². The second kappa shape index (κ2) is 6.33. The predicted molar refractivity (Wildman–Crippen MR) is 76.3 cm³/mol. The number of carbonyl (C=O) groups excluding carboxylic acids is 1. The number of hydrogen-bond acceptors (Lipinski definition) is 5. The number of nitrogens with zero attached hydrogens (tertiary/aromatic N) is 1. The Morgan fingerprint density at radius 2 is 1.77 bits per heavy atom. The molecule has 114 valence electrons. The van der Waals surface area contributed by atoms with Gasteiger partial charge in [0.2, 0.25) is 0 Å². The predicted octanol–water partition coefficient (Wildman–Crippen LogP) is -0.359. The van der Waals surface area contributed by atoms with Crippen LogP contribution in [0.4, 0.5) is 4.79 Å². The molecular weight excluding hydrogens is 317 g/mol. The Bertz CT molecular complexity index is 818. The van der Waals surface area contributed by atoms with Crippen molar-refractivity contribution in [1.29, 1.82) is 0 Å². The molecule has 0 N–H and O–H groups in total. The Balaban J connectivity index is 0.00000242. The molecule has 1 aromatic heterocycles. The van der Waals surface area contributed by atoms with E-state index < -0.39 is 26.8 Å². The van der Waals surface area contributed by atoms with Crippen molar-refractivity contribution in [1.82, 2.24) is 4.57 Å². The molecule has 0 amide bonds. The zero-order valence-electron chi connectivity index (χ0n) is 13.2. The third-order valence-electron chi connectivity index (χ3n) is 2.89. The van der Waals surface area contributed by atoms with E-state index in [1.165, 1.54) is 6.92 Å². The molecule has 0 aliphatic carbocycles. The van der Waals surface area contributed by atoms with E-state index in [9.17, 15) is 17.8 Å². The SMILES string of the molecule is Cc1c(S(=O)(=O)[O-])n(C(=O)OC(C)(C)C)c2ccccc12.[Na+]. The summed E-state index contributed by atoms with van der Waals surface area (Å²) >= 11 is 0. The molecule has 0 radical (unpaired) electrons. The summed E-state index contributed by atoms with van der Waals surface area (Å²) in [5, 5.41) is -0.0456. The van der Waals surface area contributed by atoms with Crippen molar-refractivity contribution in [3.05, 3.63) is 29.8 Å². The quantitative estimate of drug-likeness (QED) is 0.525. The number of fused-ring (bicyclic) bond motifs is 1. The van der Waals surface area contributed by atoms with Crippen molar-refractivity contribution in [3.63, 3.8) is 0 Å². The number of ether oxygens (including phenoxy) is 1. The summed E-state index contributed by atoms with van der Waals surface area (Å²) in [5.41, 5.74) is -0.231. The van der Waals surface area contributed by atoms with Crippen LogP contribution in [0.1, 0.15) is 26.3 Å². The van der Waals surface area contributed by atoms with Crippen LogP contribution in [0, 0.1) is 6.92 Å². The van der Waals surface area contributed by atoms with E-state index in [4.69, 9.17) is 4.74 Å². The summed E-state index contributed by atoms with van der Waals surface area (Å²) in [4.78, 5) is 12.3. The first kappa shape index (κ1) is 19.2. The Hall–Kier alpha value is -0.860. The summed E-state index contributed by atoms with van der Waals surface area (Å²) in [6, 6.07) is 6.58. The van der Waals surface area contributed by atoms with Gasteiger partial charge in [-0.15, -0.1) is 0 Å². The number of hydrogen-bond donors (Lipinski definition) is 0. The van der Waals surface area contributed by atoms with Gasteiger partial charge in [-0.05, 0) is 39.3 Å². The van der Waals surface area contributed by atoms with Crippen LogP contribution in [0.3, 0.4) is 0 Å². The van der Waals surface area contributed by atoms with Crippen LogP contribution in [0.5, 0.6) is 0 Å². The monoisotopic (exact) mass is 333 g/mol. The van der Waals surface area contributed by atoms with Gasteiger partial charge in [-0.25, -0.2) is 17.8 Å². The Kier molecular flexibility index (Phi) is 5.52. The molecule has 1 heterocycles. The number of para-hydroxylation sites is 1. The Morgan fingerprint density at radius 3 is 2.27 bits per heavy atom. The van der Waals surface area contributed by atoms with Gasteiger partial charge in [-0.3, -0.25) is 0 Å². The maximum Gasteiger partial charge on any atom is 1.00 e. The van der Waals surface area contributed by atoms with Gasteiger partial charge in [0.25, 0.3) is 0 Å². The third kappa shape index (κ3) is 3.72. The second-order valence-corrected chi connectivity index (χ2v) is 7.01. The van der Waals surface area contributed by atoms with Gasteiger partial charge in [0.15, 0.2) is 0 Å². The summed E-state index contributed by atoms with van der Waals surface area (Å²) in [7, 11) is -4.81. The fraction of sp³-hybridized carbons (Fsp3) is 0.357. The minimum atomic E-state index is -4.81. The van der Waals surface area contributed by atoms with E-state index >= 15 is 0 Å². The van der Waals surface area contributed by atoms with E-state index in [1.54, 1.807) is 45.0 Å². The number of rotatable bonds is 1. The topological polar surface area (TPSA) is 88.4 Å². The number of aromatic nitrogens is 1. The molecule has 2 aromatic rings. The fourth-order valence-corrected chi connectivity index (χ4v) is 3.05. The van der Waals surface area contributed by atoms with Crippen LogP contribution in [0.2, 0.25) is 0 Å². The van der Waals surface area contributed by atoms with Crippen molar-refractivity contribution < 1.29 is 52.1 Å². The second-order valence-electron chi connectivity index (χ2n) is 5.72. The summed E-state index contributed by atoms with van der Waals surface area (Å²) in [6.07, 6.45) is -0.888. The third-order valence-corrected chi connectivity index (χ3v) is 3.85. The first-order valence-corrected chi connectivity index (χ1v) is 7.72. The molecular formula is C14H16NNaO5S. The van der Waals surface area contributed by atoms with Crippen molar-refractivity contribution >= 4 is 27.1 Å². The molecule has 8 heteroatoms. The molecule has 6 nitrogen and oxygen atoms in total. The van der Waals surface area contributed by atoms with Crippen LogP contribution in [-0.2, 0) is 14.9 Å². The smallest absolute Gasteiger partial charge is 0.743 e. The minimum absolute atomic E-state index is 0. The van der Waals surface area contributed by atoms with Crippen LogP contribution >= 0.6 is 0 Å². The summed E-state index contributed by atoms with van der Waals surface area (Å²) in [5.74, 6) is 0. The van der Waals surface area contributed by atoms with Crippen LogP contribution in [-0.4, -0.2) is 29.2 Å². The maximum absolute atomic E-state index is 12.3. The standard InChI is InChI=1S/C14H17NO5S.Na/c1-9-10-7-5-6-8-11(10)15(12(9)21(17,18)19)13(16)20-14(2,3)4;/h5-8H,1-4H3,(H,17,18,19);/q;+1/p-1. The zero-order chi connectivity index (χ0) is 16.0. The van der Waals surface area contributed by atoms with Gasteiger partial charge in [0, 0.05) is 5.39 Å². The van der Waals surface area contributed by atoms with Gasteiger partial charge < -0.3 is 9.29 Å². The van der Waals surface area contributed by atoms with Gasteiger partial charge >= 0.3 is 35.7 Å². The number of aryl methyl sites for hydroxylation is 1. The largest absolute Gasteiger partial charge is 1.00 e. The van der Waals surface area contributed by atoms with Crippen molar-refractivity contribution in [2.24, 2.45) is 0 Å². The average Bonchev–Trinajstić information content (AvgIpc) is 2.61. The Labute approximate surface area is 151 Å². The van der Waals surface area contributed by atoms with E-state index in [0.29, 0.717) is 10.9 Å². The molecule has 0 aliphatic rings. The van der Waals surface area contributed by atoms with Crippen LogP contribution < -0.4 is 29.6 Å². The summed E-state index contributed by atoms with van der Waals surface area (Å²) < 4.78 is 40.6. The number of benzene rings is 1. The van der Waals surface area contributed by atoms with E-state index in [0.717, 1.165) is 4.57 Å². The normalized spacial score (nSPS) is 12.0. The van der Waals surface area contributed by atoms with Gasteiger partial charge in [0.1, 0.15) is 20.7 Å². The molecule has 2 rings (SSSR count). The maximum atomic E-state index is 12.3. The molecule has 22 heavy (non-hydrogen) atoms. The average molecular weight is 333 g/mol. The fourth-order valence-electron chi connectivity index (χ4n) is 2.17. The summed E-state index contributed by atoms with van der Waals surface area (Å²) in [6.45, 7) is 6.48. The molecule has 0 fully saturated rings. The molecule has 0 aliphatic heterocycles. The molecule has 0 unspecified atom stereocenters. The molecule has 0 saturated heterocycles. The Morgan fingerprint density at radius 1 is 1.23 bits per heavy atom. The van der Waals surface area contributed by atoms with Gasteiger partial charge in [-0.2, -0.15) is 0 Å². The molecule has 0 saturated carbocycles. The van der Waals surface area contributed by atoms with Gasteiger partial charge in [0.05, 0.1) is 5.52 Å². The van der Waals surface area contributed by atoms with E-state index in [2.05, 4.69) is 0 Å². The van der Waals surface area contributed by atoms with E-state index in [-0.39, 0.29) is 35.1 Å². The zero-order valence-corrected chi connectivity index (χ0v) is 16.0. The molecule has 0 spiro atoms. The van der Waals surface area contributed by atoms with Crippen LogP contribution in [0.15, 0.2) is 29.3 Å². The van der Waals surface area contributed by atoms with Crippen molar-refractivity contribution in [3.8, 4) is 0 Å². The molecule has 1 aromatic carbocycles. The number of carbonyl (C=O) groups is 1. The van der Waals surface area contributed by atoms with Crippen molar-refractivity contribution in [2.75, 3.05) is 0 Å². The van der Waals surface area contributed by atoms with E-state index in [1.807, 2.05) is 0 Å². The first-order chi connectivity index (χ1) is 9.52.